The summed E-state index contributed by atoms with van der Waals surface area (Å²) in [6, 6.07) is 7.18. The highest BCUT2D eigenvalue weighted by atomic mass is 32.2. The molecule has 0 radical (unpaired) electrons. The van der Waals surface area contributed by atoms with Gasteiger partial charge in [-0.25, -0.2) is 4.39 Å². The monoisotopic (exact) mass is 361 g/mol. The van der Waals surface area contributed by atoms with Gasteiger partial charge in [0.25, 0.3) is 5.69 Å². The number of ether oxygens (including phenoxy) is 1. The first kappa shape index (κ1) is 18.1. The summed E-state index contributed by atoms with van der Waals surface area (Å²) in [6.07, 6.45) is -4.34. The Morgan fingerprint density at radius 2 is 1.83 bits per heavy atom. The van der Waals surface area contributed by atoms with E-state index in [1.807, 2.05) is 0 Å². The first-order valence-electron chi connectivity index (χ1n) is 6.58. The van der Waals surface area contributed by atoms with E-state index in [4.69, 9.17) is 4.74 Å². The lowest BCUT2D eigenvalue weighted by Gasteiger charge is -2.12. The molecule has 0 saturated carbocycles. The fourth-order valence-electron chi connectivity index (χ4n) is 1.79. The maximum atomic E-state index is 13.9. The van der Waals surface area contributed by atoms with Gasteiger partial charge in [-0.1, -0.05) is 0 Å². The van der Waals surface area contributed by atoms with Gasteiger partial charge in [0.15, 0.2) is 11.6 Å². The third-order valence-corrected chi connectivity index (χ3v) is 4.12. The number of nitro benzene ring substituents is 1. The van der Waals surface area contributed by atoms with Crippen LogP contribution in [0.15, 0.2) is 41.3 Å². The van der Waals surface area contributed by atoms with Crippen molar-refractivity contribution in [2.45, 2.75) is 18.0 Å². The molecule has 0 saturated heterocycles. The van der Waals surface area contributed by atoms with Crippen LogP contribution in [0.5, 0.6) is 11.5 Å². The van der Waals surface area contributed by atoms with E-state index in [1.165, 1.54) is 37.3 Å². The summed E-state index contributed by atoms with van der Waals surface area (Å²) in [6.45, 7) is 1.50. The summed E-state index contributed by atoms with van der Waals surface area (Å²) in [5, 5.41) is 10.6. The predicted octanol–water partition coefficient (Wildman–Crippen LogP) is 5.49. The Hall–Kier alpha value is -2.29. The number of rotatable bonds is 5. The minimum Gasteiger partial charge on any atom is -0.454 e. The second-order valence-electron chi connectivity index (χ2n) is 4.81. The molecule has 0 amide bonds. The van der Waals surface area contributed by atoms with Crippen LogP contribution in [0.1, 0.15) is 5.56 Å². The topological polar surface area (TPSA) is 52.4 Å². The molecule has 0 N–H and O–H groups in total. The molecule has 4 nitrogen and oxygen atoms in total. The van der Waals surface area contributed by atoms with E-state index in [-0.39, 0.29) is 22.1 Å². The molecule has 9 heteroatoms. The molecule has 0 unspecified atom stereocenters. The molecule has 2 rings (SSSR count). The minimum atomic E-state index is -4.34. The number of benzene rings is 2. The van der Waals surface area contributed by atoms with E-state index in [9.17, 15) is 27.7 Å². The zero-order valence-electron chi connectivity index (χ0n) is 12.3. The highest BCUT2D eigenvalue weighted by Gasteiger charge is 2.27. The Bertz CT molecular complexity index is 748. The maximum absolute atomic E-state index is 13.9. The Labute approximate surface area is 138 Å². The van der Waals surface area contributed by atoms with Crippen molar-refractivity contribution in [3.05, 3.63) is 57.9 Å². The van der Waals surface area contributed by atoms with Crippen molar-refractivity contribution in [1.82, 2.24) is 0 Å². The summed E-state index contributed by atoms with van der Waals surface area (Å²) >= 11 is 0.533. The predicted molar refractivity (Wildman–Crippen MR) is 81.1 cm³/mol. The molecule has 0 bridgehead atoms. The number of aryl methyl sites for hydroxylation is 1. The molecule has 0 spiro atoms. The van der Waals surface area contributed by atoms with Crippen LogP contribution >= 0.6 is 11.8 Å². The van der Waals surface area contributed by atoms with Crippen molar-refractivity contribution in [3.63, 3.8) is 0 Å². The van der Waals surface area contributed by atoms with Crippen LogP contribution in [0.25, 0.3) is 0 Å². The van der Waals surface area contributed by atoms with Gasteiger partial charge in [0, 0.05) is 17.0 Å². The largest absolute Gasteiger partial charge is 0.454 e. The van der Waals surface area contributed by atoms with Crippen LogP contribution in [-0.2, 0) is 0 Å². The second kappa shape index (κ2) is 7.08. The van der Waals surface area contributed by atoms with Gasteiger partial charge >= 0.3 is 6.18 Å². The van der Waals surface area contributed by atoms with Crippen LogP contribution in [-0.4, -0.2) is 16.9 Å². The van der Waals surface area contributed by atoms with Gasteiger partial charge in [-0.2, -0.15) is 13.2 Å². The van der Waals surface area contributed by atoms with Gasteiger partial charge in [-0.3, -0.25) is 10.1 Å². The van der Waals surface area contributed by atoms with E-state index in [0.717, 1.165) is 6.07 Å². The lowest BCUT2D eigenvalue weighted by molar-refractivity contribution is -0.384. The molecule has 2 aromatic rings. The lowest BCUT2D eigenvalue weighted by Crippen LogP contribution is -2.10. The number of halogens is 4. The zero-order valence-corrected chi connectivity index (χ0v) is 13.1. The quantitative estimate of drug-likeness (QED) is 0.306. The molecule has 0 aromatic heterocycles. The molecule has 2 aromatic carbocycles. The molecular weight excluding hydrogens is 350 g/mol. The smallest absolute Gasteiger partial charge is 0.398 e. The van der Waals surface area contributed by atoms with Crippen LogP contribution in [0.4, 0.5) is 23.2 Å². The normalized spacial score (nSPS) is 11.4. The Kier molecular flexibility index (Phi) is 5.33. The van der Waals surface area contributed by atoms with Crippen LogP contribution in [0.3, 0.4) is 0 Å². The fourth-order valence-corrected chi connectivity index (χ4v) is 2.59. The Balaban J connectivity index is 2.21. The maximum Gasteiger partial charge on any atom is 0.398 e. The summed E-state index contributed by atoms with van der Waals surface area (Å²) in [5.41, 5.74) is 0.200. The summed E-state index contributed by atoms with van der Waals surface area (Å²) in [4.78, 5) is 10.2. The van der Waals surface area contributed by atoms with Gasteiger partial charge in [-0.15, -0.1) is 11.8 Å². The number of non-ortho nitro benzene ring substituents is 1. The van der Waals surface area contributed by atoms with Crippen molar-refractivity contribution < 1.29 is 27.2 Å². The van der Waals surface area contributed by atoms with Crippen LogP contribution < -0.4 is 4.74 Å². The number of nitro groups is 1. The number of hydrogen-bond acceptors (Lipinski definition) is 4. The average molecular weight is 361 g/mol. The van der Waals surface area contributed by atoms with Crippen molar-refractivity contribution >= 4 is 17.4 Å². The first-order valence-corrected chi connectivity index (χ1v) is 7.56. The van der Waals surface area contributed by atoms with Crippen molar-refractivity contribution in [2.24, 2.45) is 0 Å². The van der Waals surface area contributed by atoms with E-state index >= 15 is 0 Å². The zero-order chi connectivity index (χ0) is 17.9. The lowest BCUT2D eigenvalue weighted by atomic mass is 10.2. The SMILES string of the molecule is Cc1cc(F)c(Oc2ccc([N+](=O)[O-])cc2)cc1SCC(F)(F)F. The Morgan fingerprint density at radius 3 is 2.38 bits per heavy atom. The number of alkyl halides is 3. The van der Waals surface area contributed by atoms with E-state index in [1.54, 1.807) is 0 Å². The fraction of sp³-hybridized carbons (Fsp3) is 0.200. The molecule has 0 aliphatic carbocycles. The summed E-state index contributed by atoms with van der Waals surface area (Å²) in [5.74, 6) is -1.95. The van der Waals surface area contributed by atoms with Crippen LogP contribution in [0, 0.1) is 22.9 Å². The molecule has 0 fully saturated rings. The third-order valence-electron chi connectivity index (χ3n) is 2.90. The Morgan fingerprint density at radius 1 is 1.21 bits per heavy atom. The van der Waals surface area contributed by atoms with Crippen molar-refractivity contribution in [1.29, 1.82) is 0 Å². The van der Waals surface area contributed by atoms with Crippen LogP contribution in [0.2, 0.25) is 0 Å². The molecule has 0 aliphatic heterocycles. The molecule has 24 heavy (non-hydrogen) atoms. The molecule has 128 valence electrons. The number of hydrogen-bond donors (Lipinski definition) is 0. The van der Waals surface area contributed by atoms with Crippen molar-refractivity contribution in [3.8, 4) is 11.5 Å². The third kappa shape index (κ3) is 4.85. The second-order valence-corrected chi connectivity index (χ2v) is 5.82. The number of thioether (sulfide) groups is 1. The number of nitrogens with zero attached hydrogens (tertiary/aromatic N) is 1. The van der Waals surface area contributed by atoms with Gasteiger partial charge in [0.2, 0.25) is 0 Å². The van der Waals surface area contributed by atoms with Gasteiger partial charge in [0.1, 0.15) is 5.75 Å². The van der Waals surface area contributed by atoms with Crippen molar-refractivity contribution in [2.75, 3.05) is 5.75 Å². The van der Waals surface area contributed by atoms with E-state index in [0.29, 0.717) is 17.3 Å². The standard InChI is InChI=1S/C15H11F4NO3S/c1-9-6-12(16)13(7-14(9)24-8-15(17,18)19)23-11-4-2-10(3-5-11)20(21)22/h2-7H,8H2,1H3. The molecular formula is C15H11F4NO3S. The van der Waals surface area contributed by atoms with Gasteiger partial charge in [0.05, 0.1) is 10.7 Å². The molecule has 0 aliphatic rings. The summed E-state index contributed by atoms with van der Waals surface area (Å²) < 4.78 is 56.2. The molecule has 0 atom stereocenters. The highest BCUT2D eigenvalue weighted by Crippen LogP contribution is 2.35. The van der Waals surface area contributed by atoms with Gasteiger partial charge < -0.3 is 4.74 Å². The first-order chi connectivity index (χ1) is 11.2. The summed E-state index contributed by atoms with van der Waals surface area (Å²) in [7, 11) is 0. The van der Waals surface area contributed by atoms with E-state index < -0.39 is 22.7 Å². The van der Waals surface area contributed by atoms with E-state index in [2.05, 4.69) is 0 Å². The average Bonchev–Trinajstić information content (AvgIpc) is 2.48. The molecule has 0 heterocycles. The minimum absolute atomic E-state index is 0.134. The highest BCUT2D eigenvalue weighted by molar-refractivity contribution is 7.99. The van der Waals surface area contributed by atoms with Gasteiger partial charge in [-0.05, 0) is 36.8 Å².